The highest BCUT2D eigenvalue weighted by molar-refractivity contribution is 5.93. The predicted octanol–water partition coefficient (Wildman–Crippen LogP) is 4.27. The van der Waals surface area contributed by atoms with E-state index in [9.17, 15) is 9.59 Å². The second kappa shape index (κ2) is 9.81. The van der Waals surface area contributed by atoms with Crippen LogP contribution in [0.3, 0.4) is 0 Å². The summed E-state index contributed by atoms with van der Waals surface area (Å²) in [6.45, 7) is 6.12. The number of carbonyl (C=O) groups excluding carboxylic acids is 1. The van der Waals surface area contributed by atoms with Crippen LogP contribution in [-0.4, -0.2) is 28.8 Å². The number of benzene rings is 2. The SMILES string of the molecule is CC(C)c1cccc(NC(=O)[C@@H]2CCCN(c3cnn(Cc4ccccc4)c(=O)c3)C2)c1. The van der Waals surface area contributed by atoms with E-state index in [1.54, 1.807) is 12.3 Å². The molecule has 0 saturated carbocycles. The van der Waals surface area contributed by atoms with E-state index in [0.29, 0.717) is 19.0 Å². The molecule has 1 aromatic heterocycles. The van der Waals surface area contributed by atoms with Crippen LogP contribution in [0.1, 0.15) is 43.7 Å². The largest absolute Gasteiger partial charge is 0.369 e. The van der Waals surface area contributed by atoms with Gasteiger partial charge in [0.2, 0.25) is 5.91 Å². The fraction of sp³-hybridized carbons (Fsp3) is 0.346. The molecule has 1 aliphatic rings. The molecule has 1 aliphatic heterocycles. The first-order valence-corrected chi connectivity index (χ1v) is 11.3. The van der Waals surface area contributed by atoms with E-state index < -0.39 is 0 Å². The van der Waals surface area contributed by atoms with Crippen LogP contribution in [0.15, 0.2) is 71.7 Å². The number of rotatable bonds is 6. The number of amides is 1. The second-order valence-corrected chi connectivity index (χ2v) is 8.75. The lowest BCUT2D eigenvalue weighted by molar-refractivity contribution is -0.120. The Hall–Kier alpha value is -3.41. The average Bonchev–Trinajstić information content (AvgIpc) is 2.81. The third-order valence-electron chi connectivity index (χ3n) is 6.01. The predicted molar refractivity (Wildman–Crippen MR) is 128 cm³/mol. The molecule has 32 heavy (non-hydrogen) atoms. The van der Waals surface area contributed by atoms with Crippen LogP contribution in [0.2, 0.25) is 0 Å². The van der Waals surface area contributed by atoms with Gasteiger partial charge in [0.15, 0.2) is 0 Å². The molecule has 0 radical (unpaired) electrons. The molecule has 0 aliphatic carbocycles. The van der Waals surface area contributed by atoms with Gasteiger partial charge in [0.25, 0.3) is 5.56 Å². The Labute approximate surface area is 188 Å². The summed E-state index contributed by atoms with van der Waals surface area (Å²) < 4.78 is 1.47. The summed E-state index contributed by atoms with van der Waals surface area (Å²) in [5.74, 6) is 0.313. The zero-order valence-electron chi connectivity index (χ0n) is 18.7. The molecule has 1 amide bonds. The maximum absolute atomic E-state index is 12.9. The Morgan fingerprint density at radius 3 is 2.69 bits per heavy atom. The Morgan fingerprint density at radius 2 is 1.94 bits per heavy atom. The van der Waals surface area contributed by atoms with Crippen molar-refractivity contribution in [3.63, 3.8) is 0 Å². The van der Waals surface area contributed by atoms with Gasteiger partial charge in [-0.1, -0.05) is 56.3 Å². The van der Waals surface area contributed by atoms with Gasteiger partial charge in [-0.2, -0.15) is 5.10 Å². The van der Waals surface area contributed by atoms with Crippen molar-refractivity contribution in [2.75, 3.05) is 23.3 Å². The molecule has 6 heteroatoms. The number of hydrogen-bond acceptors (Lipinski definition) is 4. The van der Waals surface area contributed by atoms with E-state index in [1.807, 2.05) is 48.5 Å². The minimum absolute atomic E-state index is 0.0287. The molecule has 166 valence electrons. The number of aromatic nitrogens is 2. The van der Waals surface area contributed by atoms with Crippen molar-refractivity contribution in [1.82, 2.24) is 9.78 Å². The van der Waals surface area contributed by atoms with E-state index in [-0.39, 0.29) is 17.4 Å². The highest BCUT2D eigenvalue weighted by Gasteiger charge is 2.26. The van der Waals surface area contributed by atoms with Gasteiger partial charge in [0, 0.05) is 24.8 Å². The summed E-state index contributed by atoms with van der Waals surface area (Å²) in [7, 11) is 0. The summed E-state index contributed by atoms with van der Waals surface area (Å²) in [6, 6.07) is 19.5. The van der Waals surface area contributed by atoms with Gasteiger partial charge in [0.05, 0.1) is 24.3 Å². The van der Waals surface area contributed by atoms with Crippen molar-refractivity contribution in [3.05, 3.63) is 88.3 Å². The van der Waals surface area contributed by atoms with Gasteiger partial charge in [0.1, 0.15) is 0 Å². The number of anilines is 2. The Kier molecular flexibility index (Phi) is 6.69. The summed E-state index contributed by atoms with van der Waals surface area (Å²) in [4.78, 5) is 27.7. The van der Waals surface area contributed by atoms with E-state index in [2.05, 4.69) is 35.2 Å². The summed E-state index contributed by atoms with van der Waals surface area (Å²) >= 11 is 0. The minimum atomic E-state index is -0.136. The Morgan fingerprint density at radius 1 is 1.12 bits per heavy atom. The molecule has 3 aromatic rings. The molecule has 0 bridgehead atoms. The molecule has 6 nitrogen and oxygen atoms in total. The van der Waals surface area contributed by atoms with Crippen LogP contribution in [0.5, 0.6) is 0 Å². The summed E-state index contributed by atoms with van der Waals surface area (Å²) in [6.07, 6.45) is 3.47. The first kappa shape index (κ1) is 21.8. The third-order valence-corrected chi connectivity index (χ3v) is 6.01. The number of nitrogens with one attached hydrogen (secondary N) is 1. The van der Waals surface area contributed by atoms with Crippen molar-refractivity contribution in [2.24, 2.45) is 5.92 Å². The van der Waals surface area contributed by atoms with Crippen molar-refractivity contribution in [2.45, 2.75) is 39.2 Å². The van der Waals surface area contributed by atoms with Gasteiger partial charge in [-0.15, -0.1) is 0 Å². The standard InChI is InChI=1S/C26H30N4O2/c1-19(2)21-10-6-12-23(14-21)28-26(32)22-11-7-13-29(18-22)24-15-25(31)30(27-16-24)17-20-8-4-3-5-9-20/h3-6,8-10,12,14-16,19,22H,7,11,13,17-18H2,1-2H3,(H,28,32)/t22-/m1/s1. The molecule has 1 fully saturated rings. The number of carbonyl (C=O) groups is 1. The molecule has 4 rings (SSSR count). The molecule has 2 aromatic carbocycles. The lowest BCUT2D eigenvalue weighted by Gasteiger charge is -2.33. The first-order valence-electron chi connectivity index (χ1n) is 11.3. The topological polar surface area (TPSA) is 67.2 Å². The molecule has 0 spiro atoms. The minimum Gasteiger partial charge on any atom is -0.369 e. The van der Waals surface area contributed by atoms with Crippen molar-refractivity contribution in [3.8, 4) is 0 Å². The Bertz CT molecular complexity index is 1120. The summed E-state index contributed by atoms with van der Waals surface area (Å²) in [5, 5.41) is 7.45. The van der Waals surface area contributed by atoms with E-state index >= 15 is 0 Å². The van der Waals surface area contributed by atoms with Crippen molar-refractivity contribution >= 4 is 17.3 Å². The van der Waals surface area contributed by atoms with Crippen LogP contribution in [0.25, 0.3) is 0 Å². The van der Waals surface area contributed by atoms with Crippen LogP contribution in [-0.2, 0) is 11.3 Å². The van der Waals surface area contributed by atoms with E-state index in [0.717, 1.165) is 36.3 Å². The monoisotopic (exact) mass is 430 g/mol. The maximum atomic E-state index is 12.9. The zero-order valence-corrected chi connectivity index (χ0v) is 18.7. The summed E-state index contributed by atoms with van der Waals surface area (Å²) in [5.41, 5.74) is 3.71. The van der Waals surface area contributed by atoms with E-state index in [1.165, 1.54) is 10.2 Å². The molecule has 0 unspecified atom stereocenters. The van der Waals surface area contributed by atoms with Gasteiger partial charge in [-0.25, -0.2) is 4.68 Å². The molecular formula is C26H30N4O2. The quantitative estimate of drug-likeness (QED) is 0.634. The van der Waals surface area contributed by atoms with Crippen LogP contribution >= 0.6 is 0 Å². The lowest BCUT2D eigenvalue weighted by atomic mass is 9.96. The molecule has 1 N–H and O–H groups in total. The molecular weight excluding hydrogens is 400 g/mol. The third kappa shape index (κ3) is 5.25. The van der Waals surface area contributed by atoms with Crippen LogP contribution < -0.4 is 15.8 Å². The van der Waals surface area contributed by atoms with E-state index in [4.69, 9.17) is 0 Å². The number of hydrogen-bond donors (Lipinski definition) is 1. The number of nitrogens with zero attached hydrogens (tertiary/aromatic N) is 3. The normalized spacial score (nSPS) is 16.2. The first-order chi connectivity index (χ1) is 15.5. The van der Waals surface area contributed by atoms with Gasteiger partial charge in [-0.3, -0.25) is 9.59 Å². The highest BCUT2D eigenvalue weighted by Crippen LogP contribution is 2.24. The smallest absolute Gasteiger partial charge is 0.269 e. The van der Waals surface area contributed by atoms with Crippen LogP contribution in [0, 0.1) is 5.92 Å². The average molecular weight is 431 g/mol. The van der Waals surface area contributed by atoms with Gasteiger partial charge in [-0.05, 0) is 42.0 Å². The highest BCUT2D eigenvalue weighted by atomic mass is 16.2. The number of piperidine rings is 1. The fourth-order valence-corrected chi connectivity index (χ4v) is 4.12. The Balaban J connectivity index is 1.42. The van der Waals surface area contributed by atoms with Crippen molar-refractivity contribution < 1.29 is 4.79 Å². The van der Waals surface area contributed by atoms with Crippen LogP contribution in [0.4, 0.5) is 11.4 Å². The van der Waals surface area contributed by atoms with Gasteiger partial charge >= 0.3 is 0 Å². The molecule has 1 saturated heterocycles. The lowest BCUT2D eigenvalue weighted by Crippen LogP contribution is -2.41. The maximum Gasteiger partial charge on any atom is 0.269 e. The van der Waals surface area contributed by atoms with Crippen molar-refractivity contribution in [1.29, 1.82) is 0 Å². The van der Waals surface area contributed by atoms with Gasteiger partial charge < -0.3 is 10.2 Å². The second-order valence-electron chi connectivity index (χ2n) is 8.75. The zero-order chi connectivity index (χ0) is 22.5. The molecule has 1 atom stereocenters. The fourth-order valence-electron chi connectivity index (χ4n) is 4.12. The molecule has 2 heterocycles.